The Morgan fingerprint density at radius 1 is 1.37 bits per heavy atom. The number of rotatable bonds is 4. The summed E-state index contributed by atoms with van der Waals surface area (Å²) < 4.78 is 5.21. The fourth-order valence-electron chi connectivity index (χ4n) is 2.47. The van der Waals surface area contributed by atoms with Crippen LogP contribution >= 0.6 is 0 Å². The van der Waals surface area contributed by atoms with E-state index in [0.29, 0.717) is 23.7 Å². The molecule has 0 aliphatic carbocycles. The van der Waals surface area contributed by atoms with Crippen molar-refractivity contribution in [3.63, 3.8) is 0 Å². The van der Waals surface area contributed by atoms with Gasteiger partial charge in [0.15, 0.2) is 6.54 Å². The number of ether oxygens (including phenoxy) is 1. The first kappa shape index (κ1) is 13.7. The molecule has 1 aliphatic heterocycles. The first-order chi connectivity index (χ1) is 9.19. The highest BCUT2D eigenvalue weighted by molar-refractivity contribution is 5.93. The largest absolute Gasteiger partial charge is 0.495 e. The van der Waals surface area contributed by atoms with Gasteiger partial charge in [0.1, 0.15) is 5.75 Å². The summed E-state index contributed by atoms with van der Waals surface area (Å²) in [6.45, 7) is 2.68. The molecule has 5 nitrogen and oxygen atoms in total. The third-order valence-electron chi connectivity index (χ3n) is 3.47. The Bertz CT molecular complexity index is 442. The molecule has 19 heavy (non-hydrogen) atoms. The highest BCUT2D eigenvalue weighted by atomic mass is 16.5. The van der Waals surface area contributed by atoms with Crippen LogP contribution in [0, 0.1) is 0 Å². The summed E-state index contributed by atoms with van der Waals surface area (Å²) in [6.07, 6.45) is 3.71. The van der Waals surface area contributed by atoms with E-state index in [1.807, 2.05) is 0 Å². The van der Waals surface area contributed by atoms with Gasteiger partial charge in [0.25, 0.3) is 5.91 Å². The summed E-state index contributed by atoms with van der Waals surface area (Å²) in [5.74, 6) is 0.650. The number of methoxy groups -OCH3 is 1. The second-order valence-electron chi connectivity index (χ2n) is 5.00. The summed E-state index contributed by atoms with van der Waals surface area (Å²) in [7, 11) is 1.58. The van der Waals surface area contributed by atoms with Crippen molar-refractivity contribution in [1.82, 2.24) is 0 Å². The van der Waals surface area contributed by atoms with Crippen molar-refractivity contribution < 1.29 is 14.4 Å². The molecule has 0 unspecified atom stereocenters. The van der Waals surface area contributed by atoms with E-state index in [2.05, 4.69) is 5.32 Å². The predicted molar refractivity (Wildman–Crippen MR) is 75.5 cm³/mol. The van der Waals surface area contributed by atoms with Crippen molar-refractivity contribution in [3.8, 4) is 5.75 Å². The van der Waals surface area contributed by atoms with Gasteiger partial charge in [-0.05, 0) is 37.5 Å². The predicted octanol–water partition coefficient (Wildman–Crippen LogP) is 0.285. The minimum Gasteiger partial charge on any atom is -0.495 e. The van der Waals surface area contributed by atoms with Crippen LogP contribution < -0.4 is 20.7 Å². The van der Waals surface area contributed by atoms with E-state index in [9.17, 15) is 4.79 Å². The van der Waals surface area contributed by atoms with Gasteiger partial charge >= 0.3 is 0 Å². The normalized spacial score (nSPS) is 16.1. The molecule has 0 saturated carbocycles. The van der Waals surface area contributed by atoms with E-state index in [1.165, 1.54) is 24.2 Å². The third kappa shape index (κ3) is 3.86. The van der Waals surface area contributed by atoms with Gasteiger partial charge in [-0.15, -0.1) is 0 Å². The molecule has 1 aromatic carbocycles. The van der Waals surface area contributed by atoms with E-state index in [1.54, 1.807) is 25.3 Å². The smallest absolute Gasteiger partial charge is 0.279 e. The van der Waals surface area contributed by atoms with Crippen molar-refractivity contribution in [3.05, 3.63) is 18.2 Å². The van der Waals surface area contributed by atoms with Crippen LogP contribution in [-0.2, 0) is 4.79 Å². The second kappa shape index (κ2) is 6.43. The summed E-state index contributed by atoms with van der Waals surface area (Å²) in [5, 5.41) is 2.88. The Kier molecular flexibility index (Phi) is 4.63. The molecule has 104 valence electrons. The topological polar surface area (TPSA) is 68.8 Å². The Hall–Kier alpha value is -1.75. The standard InChI is InChI=1S/C14H21N3O2/c1-19-13-6-5-11(15)9-12(13)16-14(18)10-17-7-3-2-4-8-17/h5-6,9H,2-4,7-8,10,15H2,1H3,(H,16,18)/p+1. The van der Waals surface area contributed by atoms with E-state index in [4.69, 9.17) is 10.5 Å². The molecule has 0 spiro atoms. The molecule has 1 fully saturated rings. The van der Waals surface area contributed by atoms with Crippen LogP contribution in [0.15, 0.2) is 18.2 Å². The molecule has 5 heteroatoms. The number of benzene rings is 1. The van der Waals surface area contributed by atoms with Crippen LogP contribution in [0.1, 0.15) is 19.3 Å². The van der Waals surface area contributed by atoms with Gasteiger partial charge in [-0.1, -0.05) is 0 Å². The molecule has 0 bridgehead atoms. The quantitative estimate of drug-likeness (QED) is 0.684. The maximum absolute atomic E-state index is 12.0. The zero-order valence-electron chi connectivity index (χ0n) is 11.4. The average Bonchev–Trinajstić information content (AvgIpc) is 2.40. The van der Waals surface area contributed by atoms with E-state index in [-0.39, 0.29) is 5.91 Å². The number of anilines is 2. The zero-order chi connectivity index (χ0) is 13.7. The lowest BCUT2D eigenvalue weighted by Crippen LogP contribution is -3.13. The van der Waals surface area contributed by atoms with Crippen LogP contribution in [0.3, 0.4) is 0 Å². The number of carbonyl (C=O) groups is 1. The van der Waals surface area contributed by atoms with Crippen molar-refractivity contribution in [2.45, 2.75) is 19.3 Å². The van der Waals surface area contributed by atoms with Crippen LogP contribution in [0.5, 0.6) is 5.75 Å². The van der Waals surface area contributed by atoms with Gasteiger partial charge in [-0.25, -0.2) is 0 Å². The highest BCUT2D eigenvalue weighted by Crippen LogP contribution is 2.26. The number of hydrogen-bond donors (Lipinski definition) is 3. The minimum atomic E-state index is 0.0146. The monoisotopic (exact) mass is 264 g/mol. The van der Waals surface area contributed by atoms with Gasteiger partial charge in [0, 0.05) is 5.69 Å². The van der Waals surface area contributed by atoms with Crippen LogP contribution in [0.25, 0.3) is 0 Å². The minimum absolute atomic E-state index is 0.0146. The fourth-order valence-corrected chi connectivity index (χ4v) is 2.47. The number of nitrogens with two attached hydrogens (primary N) is 1. The first-order valence-corrected chi connectivity index (χ1v) is 6.76. The molecule has 1 heterocycles. The van der Waals surface area contributed by atoms with Gasteiger partial charge in [0.05, 0.1) is 25.9 Å². The summed E-state index contributed by atoms with van der Waals surface area (Å²) in [4.78, 5) is 13.4. The lowest BCUT2D eigenvalue weighted by Gasteiger charge is -2.23. The second-order valence-corrected chi connectivity index (χ2v) is 5.00. The van der Waals surface area contributed by atoms with Crippen LogP contribution in [0.2, 0.25) is 0 Å². The lowest BCUT2D eigenvalue weighted by atomic mass is 10.1. The van der Waals surface area contributed by atoms with Gasteiger partial charge in [-0.2, -0.15) is 0 Å². The number of quaternary nitrogens is 1. The Morgan fingerprint density at radius 2 is 2.11 bits per heavy atom. The molecule has 1 aromatic rings. The Balaban J connectivity index is 1.95. The number of amides is 1. The van der Waals surface area contributed by atoms with E-state index in [0.717, 1.165) is 13.1 Å². The highest BCUT2D eigenvalue weighted by Gasteiger charge is 2.18. The lowest BCUT2D eigenvalue weighted by molar-refractivity contribution is -0.896. The molecule has 0 radical (unpaired) electrons. The molecule has 0 aromatic heterocycles. The Morgan fingerprint density at radius 3 is 2.79 bits per heavy atom. The Labute approximate surface area is 113 Å². The van der Waals surface area contributed by atoms with E-state index >= 15 is 0 Å². The number of hydrogen-bond acceptors (Lipinski definition) is 3. The zero-order valence-corrected chi connectivity index (χ0v) is 11.4. The molecule has 0 atom stereocenters. The number of nitrogen functional groups attached to an aromatic ring is 1. The van der Waals surface area contributed by atoms with Crippen molar-refractivity contribution in [1.29, 1.82) is 0 Å². The summed E-state index contributed by atoms with van der Waals surface area (Å²) in [5.41, 5.74) is 6.99. The maximum atomic E-state index is 12.0. The summed E-state index contributed by atoms with van der Waals surface area (Å²) in [6, 6.07) is 5.24. The molecule has 1 saturated heterocycles. The average molecular weight is 264 g/mol. The van der Waals surface area contributed by atoms with E-state index < -0.39 is 0 Å². The number of carbonyl (C=O) groups excluding carboxylic acids is 1. The first-order valence-electron chi connectivity index (χ1n) is 6.76. The van der Waals surface area contributed by atoms with Gasteiger partial charge in [-0.3, -0.25) is 4.79 Å². The molecular weight excluding hydrogens is 242 g/mol. The molecule has 4 N–H and O–H groups in total. The van der Waals surface area contributed by atoms with Gasteiger partial charge < -0.3 is 20.7 Å². The molecule has 1 amide bonds. The van der Waals surface area contributed by atoms with Crippen LogP contribution in [-0.4, -0.2) is 32.7 Å². The SMILES string of the molecule is COc1ccc(N)cc1NC(=O)C[NH+]1CCCCC1. The third-order valence-corrected chi connectivity index (χ3v) is 3.47. The van der Waals surface area contributed by atoms with Crippen LogP contribution in [0.4, 0.5) is 11.4 Å². The molecular formula is C14H22N3O2+. The summed E-state index contributed by atoms with van der Waals surface area (Å²) >= 11 is 0. The number of nitrogens with one attached hydrogen (secondary N) is 2. The van der Waals surface area contributed by atoms with Crippen molar-refractivity contribution in [2.75, 3.05) is 37.8 Å². The van der Waals surface area contributed by atoms with Crippen molar-refractivity contribution >= 4 is 17.3 Å². The molecule has 2 rings (SSSR count). The fraction of sp³-hybridized carbons (Fsp3) is 0.500. The molecule has 1 aliphatic rings. The number of piperidine rings is 1. The van der Waals surface area contributed by atoms with Gasteiger partial charge in [0.2, 0.25) is 0 Å². The van der Waals surface area contributed by atoms with Crippen molar-refractivity contribution in [2.24, 2.45) is 0 Å². The number of likely N-dealkylation sites (tertiary alicyclic amines) is 1. The maximum Gasteiger partial charge on any atom is 0.279 e.